The molecule has 2 aromatic heterocycles. The van der Waals surface area contributed by atoms with Gasteiger partial charge in [-0.2, -0.15) is 5.10 Å². The Bertz CT molecular complexity index is 1080. The van der Waals surface area contributed by atoms with Crippen LogP contribution < -0.4 is 5.32 Å². The van der Waals surface area contributed by atoms with Crippen LogP contribution in [0.3, 0.4) is 0 Å². The standard InChI is InChI=1S/C29H43N5O/c1-6-9-13-17-33(18-14-10-7-2)21-22(4)31-29(35)25-19-28(26-20-30-34(8-3)23(26)5)32-27-16-12-11-15-24(25)27/h11-12,15-16,19-20,22H,6-10,13-14,17-18,21H2,1-5H3,(H,31,35). The lowest BCUT2D eigenvalue weighted by Gasteiger charge is -2.26. The van der Waals surface area contributed by atoms with E-state index in [9.17, 15) is 4.79 Å². The van der Waals surface area contributed by atoms with Crippen LogP contribution in [-0.2, 0) is 6.54 Å². The monoisotopic (exact) mass is 477 g/mol. The maximum Gasteiger partial charge on any atom is 0.252 e. The lowest BCUT2D eigenvalue weighted by atomic mass is 10.0. The van der Waals surface area contributed by atoms with Crippen LogP contribution in [0, 0.1) is 6.92 Å². The lowest BCUT2D eigenvalue weighted by Crippen LogP contribution is -2.42. The Labute approximate surface area is 211 Å². The SMILES string of the molecule is CCCCCN(CCCCC)CC(C)NC(=O)c1cc(-c2cnn(CC)c2C)nc2ccccc12. The van der Waals surface area contributed by atoms with Crippen molar-refractivity contribution in [3.8, 4) is 11.3 Å². The molecule has 0 saturated heterocycles. The second-order valence-electron chi connectivity index (χ2n) is 9.62. The fourth-order valence-corrected chi connectivity index (χ4v) is 4.72. The van der Waals surface area contributed by atoms with Gasteiger partial charge in [0, 0.05) is 35.8 Å². The molecule has 1 aromatic carbocycles. The Morgan fingerprint density at radius 1 is 1.06 bits per heavy atom. The smallest absolute Gasteiger partial charge is 0.252 e. The summed E-state index contributed by atoms with van der Waals surface area (Å²) in [5.74, 6) is -0.0417. The van der Waals surface area contributed by atoms with Crippen LogP contribution in [0.1, 0.15) is 82.3 Å². The van der Waals surface area contributed by atoms with Crippen molar-refractivity contribution >= 4 is 16.8 Å². The summed E-state index contributed by atoms with van der Waals surface area (Å²) in [5, 5.41) is 8.64. The van der Waals surface area contributed by atoms with E-state index in [1.54, 1.807) is 0 Å². The maximum atomic E-state index is 13.5. The van der Waals surface area contributed by atoms with E-state index < -0.39 is 0 Å². The number of pyridine rings is 1. The minimum absolute atomic E-state index is 0.0417. The third-order valence-corrected chi connectivity index (χ3v) is 6.70. The Kier molecular flexibility index (Phi) is 10.3. The van der Waals surface area contributed by atoms with Gasteiger partial charge in [-0.1, -0.05) is 57.7 Å². The zero-order valence-corrected chi connectivity index (χ0v) is 22.3. The van der Waals surface area contributed by atoms with Crippen LogP contribution in [0.25, 0.3) is 22.2 Å². The average molecular weight is 478 g/mol. The fourth-order valence-electron chi connectivity index (χ4n) is 4.72. The van der Waals surface area contributed by atoms with E-state index in [0.717, 1.165) is 54.0 Å². The van der Waals surface area contributed by atoms with E-state index in [4.69, 9.17) is 4.98 Å². The summed E-state index contributed by atoms with van der Waals surface area (Å²) in [5.41, 5.74) is 4.32. The lowest BCUT2D eigenvalue weighted by molar-refractivity contribution is 0.0930. The molecule has 3 aromatic rings. The number of amides is 1. The second kappa shape index (κ2) is 13.4. The zero-order chi connectivity index (χ0) is 25.2. The highest BCUT2D eigenvalue weighted by atomic mass is 16.1. The molecule has 35 heavy (non-hydrogen) atoms. The van der Waals surface area contributed by atoms with Crippen LogP contribution in [0.2, 0.25) is 0 Å². The first-order chi connectivity index (χ1) is 17.0. The van der Waals surface area contributed by atoms with Gasteiger partial charge < -0.3 is 10.2 Å². The highest BCUT2D eigenvalue weighted by Gasteiger charge is 2.19. The largest absolute Gasteiger partial charge is 0.348 e. The van der Waals surface area contributed by atoms with Crippen LogP contribution in [0.5, 0.6) is 0 Å². The van der Waals surface area contributed by atoms with E-state index in [1.807, 2.05) is 41.2 Å². The van der Waals surface area contributed by atoms with Crippen LogP contribution in [0.4, 0.5) is 0 Å². The van der Waals surface area contributed by atoms with Crippen LogP contribution >= 0.6 is 0 Å². The molecule has 6 heteroatoms. The molecule has 1 amide bonds. The van der Waals surface area contributed by atoms with Crippen molar-refractivity contribution in [1.29, 1.82) is 0 Å². The van der Waals surface area contributed by atoms with Gasteiger partial charge in [-0.3, -0.25) is 9.48 Å². The van der Waals surface area contributed by atoms with Crippen molar-refractivity contribution in [3.05, 3.63) is 47.8 Å². The minimum Gasteiger partial charge on any atom is -0.348 e. The number of carbonyl (C=O) groups excluding carboxylic acids is 1. The summed E-state index contributed by atoms with van der Waals surface area (Å²) in [4.78, 5) is 20.9. The Morgan fingerprint density at radius 3 is 2.37 bits per heavy atom. The Hall–Kier alpha value is -2.73. The molecule has 0 bridgehead atoms. The number of aromatic nitrogens is 3. The molecule has 3 rings (SSSR count). The minimum atomic E-state index is -0.0417. The van der Waals surface area contributed by atoms with Crippen molar-refractivity contribution in [1.82, 2.24) is 25.0 Å². The molecule has 0 radical (unpaired) electrons. The van der Waals surface area contributed by atoms with Crippen molar-refractivity contribution in [3.63, 3.8) is 0 Å². The van der Waals surface area contributed by atoms with Gasteiger partial charge in [-0.05, 0) is 58.8 Å². The van der Waals surface area contributed by atoms with Gasteiger partial charge in [0.1, 0.15) is 0 Å². The van der Waals surface area contributed by atoms with Gasteiger partial charge in [0.25, 0.3) is 5.91 Å². The van der Waals surface area contributed by atoms with Gasteiger partial charge >= 0.3 is 0 Å². The number of para-hydroxylation sites is 1. The molecule has 1 unspecified atom stereocenters. The quantitative estimate of drug-likeness (QED) is 0.280. The summed E-state index contributed by atoms with van der Waals surface area (Å²) < 4.78 is 1.96. The molecule has 0 aliphatic heterocycles. The Balaban J connectivity index is 1.80. The molecule has 1 atom stereocenters. The molecule has 0 saturated carbocycles. The van der Waals surface area contributed by atoms with E-state index in [-0.39, 0.29) is 11.9 Å². The summed E-state index contributed by atoms with van der Waals surface area (Å²) in [6.07, 6.45) is 9.24. The number of hydrogen-bond acceptors (Lipinski definition) is 4. The molecule has 190 valence electrons. The molecule has 0 spiro atoms. The molecule has 6 nitrogen and oxygen atoms in total. The number of rotatable bonds is 14. The van der Waals surface area contributed by atoms with Crippen molar-refractivity contribution in [2.75, 3.05) is 19.6 Å². The average Bonchev–Trinajstić information content (AvgIpc) is 3.23. The van der Waals surface area contributed by atoms with Gasteiger partial charge in [0.05, 0.1) is 23.0 Å². The maximum absolute atomic E-state index is 13.5. The van der Waals surface area contributed by atoms with Gasteiger partial charge in [-0.25, -0.2) is 4.98 Å². The molecule has 0 aliphatic carbocycles. The number of benzene rings is 1. The van der Waals surface area contributed by atoms with Crippen molar-refractivity contribution in [2.45, 2.75) is 85.7 Å². The number of fused-ring (bicyclic) bond motifs is 1. The number of unbranched alkanes of at least 4 members (excludes halogenated alkanes) is 4. The third kappa shape index (κ3) is 7.14. The molecular formula is C29H43N5O. The number of hydrogen-bond donors (Lipinski definition) is 1. The highest BCUT2D eigenvalue weighted by molar-refractivity contribution is 6.07. The number of aryl methyl sites for hydroxylation is 1. The zero-order valence-electron chi connectivity index (χ0n) is 22.3. The predicted octanol–water partition coefficient (Wildman–Crippen LogP) is 6.23. The van der Waals surface area contributed by atoms with Crippen LogP contribution in [0.15, 0.2) is 36.5 Å². The van der Waals surface area contributed by atoms with Crippen molar-refractivity contribution < 1.29 is 4.79 Å². The highest BCUT2D eigenvalue weighted by Crippen LogP contribution is 2.27. The van der Waals surface area contributed by atoms with Gasteiger partial charge in [-0.15, -0.1) is 0 Å². The van der Waals surface area contributed by atoms with E-state index in [1.165, 1.54) is 38.5 Å². The molecule has 1 N–H and O–H groups in total. The third-order valence-electron chi connectivity index (χ3n) is 6.70. The molecule has 2 heterocycles. The summed E-state index contributed by atoms with van der Waals surface area (Å²) in [6.45, 7) is 14.6. The topological polar surface area (TPSA) is 63.1 Å². The van der Waals surface area contributed by atoms with E-state index in [0.29, 0.717) is 5.56 Å². The Morgan fingerprint density at radius 2 is 1.74 bits per heavy atom. The van der Waals surface area contributed by atoms with Crippen LogP contribution in [-0.4, -0.2) is 51.2 Å². The summed E-state index contributed by atoms with van der Waals surface area (Å²) in [7, 11) is 0. The molecular weight excluding hydrogens is 434 g/mol. The van der Waals surface area contributed by atoms with Gasteiger partial charge in [0.15, 0.2) is 0 Å². The first-order valence-electron chi connectivity index (χ1n) is 13.4. The number of nitrogens with one attached hydrogen (secondary N) is 1. The van der Waals surface area contributed by atoms with E-state index in [2.05, 4.69) is 49.9 Å². The molecule has 0 aliphatic rings. The fraction of sp³-hybridized carbons (Fsp3) is 0.552. The van der Waals surface area contributed by atoms with Crippen molar-refractivity contribution in [2.24, 2.45) is 0 Å². The summed E-state index contributed by atoms with van der Waals surface area (Å²) in [6, 6.07) is 9.88. The second-order valence-corrected chi connectivity index (χ2v) is 9.62. The summed E-state index contributed by atoms with van der Waals surface area (Å²) >= 11 is 0. The predicted molar refractivity (Wildman–Crippen MR) is 146 cm³/mol. The first-order valence-corrected chi connectivity index (χ1v) is 13.4. The van der Waals surface area contributed by atoms with Gasteiger partial charge in [0.2, 0.25) is 0 Å². The first kappa shape index (κ1) is 26.9. The normalized spacial score (nSPS) is 12.4. The number of nitrogens with zero attached hydrogens (tertiary/aromatic N) is 4. The molecule has 0 fully saturated rings. The van der Waals surface area contributed by atoms with E-state index >= 15 is 0 Å². The number of carbonyl (C=O) groups is 1.